The average Bonchev–Trinajstić information content (AvgIpc) is 1.83. The third kappa shape index (κ3) is 2.44. The summed E-state index contributed by atoms with van der Waals surface area (Å²) in [6.45, 7) is 4.18. The lowest BCUT2D eigenvalue weighted by molar-refractivity contribution is 0.244. The van der Waals surface area contributed by atoms with Gasteiger partial charge in [0, 0.05) is 0 Å². The normalized spacial score (nSPS) is 25.6. The van der Waals surface area contributed by atoms with E-state index in [2.05, 4.69) is 13.8 Å². The molecule has 0 aromatic carbocycles. The Kier molecular flexibility index (Phi) is 2.47. The first-order valence-electron chi connectivity index (χ1n) is 4.25. The van der Waals surface area contributed by atoms with E-state index < -0.39 is 15.5 Å². The molecule has 0 aliphatic heterocycles. The van der Waals surface area contributed by atoms with Gasteiger partial charge < -0.3 is 0 Å². The quantitative estimate of drug-likeness (QED) is 0.600. The van der Waals surface area contributed by atoms with Crippen molar-refractivity contribution in [3.8, 4) is 0 Å². The minimum absolute atomic E-state index is 0.196. The molecule has 1 fully saturated rings. The minimum Gasteiger partial charge on any atom is -0.195 e. The van der Waals surface area contributed by atoms with E-state index in [0.717, 1.165) is 12.8 Å². The van der Waals surface area contributed by atoms with Crippen molar-refractivity contribution in [1.29, 1.82) is 0 Å². The Labute approximate surface area is 73.4 Å². The monoisotopic (exact) mass is 194 g/mol. The molecule has 2 nitrogen and oxygen atoms in total. The number of hydrogen-bond acceptors (Lipinski definition) is 2. The van der Waals surface area contributed by atoms with E-state index in [1.807, 2.05) is 0 Å². The van der Waals surface area contributed by atoms with Crippen LogP contribution in [0.15, 0.2) is 0 Å². The predicted molar refractivity (Wildman–Crippen MR) is 46.1 cm³/mol. The Balaban J connectivity index is 2.59. The zero-order valence-electron chi connectivity index (χ0n) is 7.51. The Hall–Kier alpha value is -0.120. The van der Waals surface area contributed by atoms with Crippen LogP contribution in [0.1, 0.15) is 39.5 Å². The van der Waals surface area contributed by atoms with Crippen molar-refractivity contribution in [3.05, 3.63) is 0 Å². The van der Waals surface area contributed by atoms with Crippen LogP contribution in [-0.4, -0.2) is 13.7 Å². The van der Waals surface area contributed by atoms with Gasteiger partial charge in [-0.25, -0.2) is 0 Å². The lowest BCUT2D eigenvalue weighted by Gasteiger charge is -2.32. The van der Waals surface area contributed by atoms with Crippen molar-refractivity contribution >= 4 is 10.2 Å². The third-order valence-electron chi connectivity index (χ3n) is 2.68. The molecule has 1 rings (SSSR count). The van der Waals surface area contributed by atoms with Crippen LogP contribution < -0.4 is 0 Å². The molecule has 0 aromatic rings. The second-order valence-electron chi connectivity index (χ2n) is 4.34. The summed E-state index contributed by atoms with van der Waals surface area (Å²) in [7, 11) is -4.28. The van der Waals surface area contributed by atoms with Crippen LogP contribution in [0, 0.1) is 5.41 Å². The second-order valence-corrected chi connectivity index (χ2v) is 5.96. The van der Waals surface area contributed by atoms with E-state index in [9.17, 15) is 12.3 Å². The van der Waals surface area contributed by atoms with Gasteiger partial charge in [-0.1, -0.05) is 13.8 Å². The highest BCUT2D eigenvalue weighted by Gasteiger charge is 2.33. The van der Waals surface area contributed by atoms with Crippen LogP contribution in [-0.2, 0) is 10.2 Å². The standard InChI is InChI=1S/C8H15FO2S/c1-8(2)5-3-7(4-6-8)12(9,10)11/h7H,3-6H2,1-2H3. The van der Waals surface area contributed by atoms with Crippen molar-refractivity contribution in [2.24, 2.45) is 5.41 Å². The Morgan fingerprint density at radius 2 is 1.67 bits per heavy atom. The van der Waals surface area contributed by atoms with Gasteiger partial charge in [-0.3, -0.25) is 0 Å². The minimum atomic E-state index is -4.28. The lowest BCUT2D eigenvalue weighted by Crippen LogP contribution is -2.28. The van der Waals surface area contributed by atoms with E-state index in [1.165, 1.54) is 0 Å². The van der Waals surface area contributed by atoms with E-state index in [1.54, 1.807) is 0 Å². The van der Waals surface area contributed by atoms with E-state index in [-0.39, 0.29) is 5.41 Å². The topological polar surface area (TPSA) is 34.1 Å². The number of rotatable bonds is 1. The summed E-state index contributed by atoms with van der Waals surface area (Å²) in [5, 5.41) is -0.731. The molecular weight excluding hydrogens is 179 g/mol. The van der Waals surface area contributed by atoms with E-state index in [0.29, 0.717) is 12.8 Å². The fourth-order valence-electron chi connectivity index (χ4n) is 1.65. The van der Waals surface area contributed by atoms with Crippen molar-refractivity contribution in [2.45, 2.75) is 44.8 Å². The average molecular weight is 194 g/mol. The van der Waals surface area contributed by atoms with Crippen LogP contribution in [0.4, 0.5) is 3.89 Å². The fraction of sp³-hybridized carbons (Fsp3) is 1.00. The summed E-state index contributed by atoms with van der Waals surface area (Å²) >= 11 is 0. The molecule has 0 aromatic heterocycles. The van der Waals surface area contributed by atoms with Crippen LogP contribution >= 0.6 is 0 Å². The largest absolute Gasteiger partial charge is 0.305 e. The molecule has 0 heterocycles. The Morgan fingerprint density at radius 3 is 2.00 bits per heavy atom. The van der Waals surface area contributed by atoms with Gasteiger partial charge in [-0.05, 0) is 31.1 Å². The molecule has 1 saturated carbocycles. The van der Waals surface area contributed by atoms with Crippen LogP contribution in [0.3, 0.4) is 0 Å². The summed E-state index contributed by atoms with van der Waals surface area (Å²) in [5.41, 5.74) is 0.196. The first kappa shape index (κ1) is 9.96. The summed E-state index contributed by atoms with van der Waals surface area (Å²) < 4.78 is 33.6. The summed E-state index contributed by atoms with van der Waals surface area (Å²) in [6, 6.07) is 0. The number of halogens is 1. The molecule has 0 radical (unpaired) electrons. The molecule has 1 aliphatic rings. The maximum absolute atomic E-state index is 12.5. The lowest BCUT2D eigenvalue weighted by atomic mass is 9.77. The zero-order valence-corrected chi connectivity index (χ0v) is 8.32. The Morgan fingerprint density at radius 1 is 1.25 bits per heavy atom. The molecule has 0 bridgehead atoms. The van der Waals surface area contributed by atoms with Crippen molar-refractivity contribution in [2.75, 3.05) is 0 Å². The van der Waals surface area contributed by atoms with Crippen molar-refractivity contribution in [1.82, 2.24) is 0 Å². The van der Waals surface area contributed by atoms with Gasteiger partial charge in [0.2, 0.25) is 0 Å². The molecule has 12 heavy (non-hydrogen) atoms. The molecule has 1 aliphatic carbocycles. The number of hydrogen-bond donors (Lipinski definition) is 0. The zero-order chi connectivity index (χ0) is 9.41. The third-order valence-corrected chi connectivity index (χ3v) is 3.95. The molecule has 0 N–H and O–H groups in total. The highest BCUT2D eigenvalue weighted by Crippen LogP contribution is 2.37. The molecular formula is C8H15FO2S. The smallest absolute Gasteiger partial charge is 0.195 e. The van der Waals surface area contributed by atoms with Gasteiger partial charge >= 0.3 is 10.2 Å². The Bertz CT molecular complexity index is 246. The summed E-state index contributed by atoms with van der Waals surface area (Å²) in [4.78, 5) is 0. The highest BCUT2D eigenvalue weighted by molar-refractivity contribution is 7.87. The maximum atomic E-state index is 12.5. The SMILES string of the molecule is CC1(C)CCC(S(=O)(=O)F)CC1. The highest BCUT2D eigenvalue weighted by atomic mass is 32.3. The van der Waals surface area contributed by atoms with Gasteiger partial charge in [0.1, 0.15) is 0 Å². The van der Waals surface area contributed by atoms with Gasteiger partial charge in [-0.2, -0.15) is 8.42 Å². The van der Waals surface area contributed by atoms with Gasteiger partial charge in [0.05, 0.1) is 5.25 Å². The van der Waals surface area contributed by atoms with E-state index in [4.69, 9.17) is 0 Å². The predicted octanol–water partition coefficient (Wildman–Crippen LogP) is 2.25. The maximum Gasteiger partial charge on any atom is 0.305 e. The summed E-state index contributed by atoms with van der Waals surface area (Å²) in [6.07, 6.45) is 2.57. The second kappa shape index (κ2) is 2.98. The van der Waals surface area contributed by atoms with Crippen LogP contribution in [0.2, 0.25) is 0 Å². The van der Waals surface area contributed by atoms with Gasteiger partial charge in [0.25, 0.3) is 0 Å². The van der Waals surface area contributed by atoms with Crippen molar-refractivity contribution < 1.29 is 12.3 Å². The van der Waals surface area contributed by atoms with Crippen LogP contribution in [0.5, 0.6) is 0 Å². The fourth-order valence-corrected chi connectivity index (χ4v) is 2.45. The molecule has 72 valence electrons. The van der Waals surface area contributed by atoms with Crippen LogP contribution in [0.25, 0.3) is 0 Å². The molecule has 0 spiro atoms. The first-order valence-corrected chi connectivity index (χ1v) is 5.69. The molecule has 0 unspecified atom stereocenters. The van der Waals surface area contributed by atoms with Gasteiger partial charge in [0.15, 0.2) is 0 Å². The van der Waals surface area contributed by atoms with E-state index >= 15 is 0 Å². The molecule has 0 amide bonds. The summed E-state index contributed by atoms with van der Waals surface area (Å²) in [5.74, 6) is 0. The van der Waals surface area contributed by atoms with Crippen molar-refractivity contribution in [3.63, 3.8) is 0 Å². The molecule has 0 saturated heterocycles. The molecule has 4 heteroatoms. The molecule has 0 atom stereocenters. The first-order chi connectivity index (χ1) is 5.31. The van der Waals surface area contributed by atoms with Gasteiger partial charge in [-0.15, -0.1) is 3.89 Å².